The number of carbonyl (C=O) groups excluding carboxylic acids is 1. The molecule has 31 heavy (non-hydrogen) atoms. The number of para-hydroxylation sites is 1. The van der Waals surface area contributed by atoms with Gasteiger partial charge in [0.1, 0.15) is 5.82 Å². The molecule has 0 radical (unpaired) electrons. The first-order valence-corrected chi connectivity index (χ1v) is 10.5. The van der Waals surface area contributed by atoms with Crippen LogP contribution in [-0.4, -0.2) is 41.0 Å². The molecule has 0 bridgehead atoms. The maximum Gasteiger partial charge on any atom is 0.254 e. The van der Waals surface area contributed by atoms with E-state index in [-0.39, 0.29) is 30.5 Å². The Morgan fingerprint density at radius 1 is 1.19 bits per heavy atom. The van der Waals surface area contributed by atoms with Crippen molar-refractivity contribution in [2.45, 2.75) is 32.6 Å². The summed E-state index contributed by atoms with van der Waals surface area (Å²) in [5.41, 5.74) is 2.32. The number of amides is 1. The summed E-state index contributed by atoms with van der Waals surface area (Å²) in [6.07, 6.45) is 3.19. The average molecular weight is 443 g/mol. The Balaban J connectivity index is 1.40. The molecule has 1 saturated heterocycles. The van der Waals surface area contributed by atoms with Crippen LogP contribution in [0.3, 0.4) is 0 Å². The van der Waals surface area contributed by atoms with Gasteiger partial charge in [-0.05, 0) is 43.7 Å². The second-order valence-corrected chi connectivity index (χ2v) is 8.16. The van der Waals surface area contributed by atoms with Crippen molar-refractivity contribution in [1.29, 1.82) is 0 Å². The van der Waals surface area contributed by atoms with Crippen LogP contribution in [0.2, 0.25) is 5.02 Å². The quantitative estimate of drug-likeness (QED) is 0.643. The number of benzene rings is 2. The van der Waals surface area contributed by atoms with Gasteiger partial charge in [0.2, 0.25) is 0 Å². The Hall–Kier alpha value is -2.90. The van der Waals surface area contributed by atoms with Crippen molar-refractivity contribution in [3.63, 3.8) is 0 Å². The molecule has 1 fully saturated rings. The van der Waals surface area contributed by atoms with Crippen LogP contribution < -0.4 is 10.2 Å². The highest BCUT2D eigenvalue weighted by atomic mass is 35.5. The third-order valence-electron chi connectivity index (χ3n) is 5.17. The summed E-state index contributed by atoms with van der Waals surface area (Å²) in [5, 5.41) is 7.56. The van der Waals surface area contributed by atoms with E-state index in [9.17, 15) is 9.18 Å². The second-order valence-electron chi connectivity index (χ2n) is 7.76. The number of hydrogen-bond donors (Lipinski definition) is 1. The number of nitrogens with zero attached hydrogens (tertiary/aromatic N) is 3. The van der Waals surface area contributed by atoms with Crippen LogP contribution in [0.25, 0.3) is 5.69 Å². The van der Waals surface area contributed by atoms with Crippen molar-refractivity contribution in [2.75, 3.05) is 18.0 Å². The molecule has 0 saturated carbocycles. The number of nitrogens with one attached hydrogen (secondary N) is 1. The highest BCUT2D eigenvalue weighted by molar-refractivity contribution is 6.32. The van der Waals surface area contributed by atoms with E-state index < -0.39 is 0 Å². The van der Waals surface area contributed by atoms with E-state index in [1.165, 1.54) is 12.3 Å². The van der Waals surface area contributed by atoms with Crippen LogP contribution in [-0.2, 0) is 11.3 Å². The maximum absolute atomic E-state index is 14.7. The standard InChI is InChI=1S/C23H24ClFN4O2/c1-15-12-28(13-16(2)31-15)22-8-7-17(9-20(22)25)10-26-23(30)18-11-27-29(14-18)21-6-4-3-5-19(21)24/h3-9,11,14-16H,10,12-13H2,1-2H3,(H,26,30). The molecule has 3 aromatic rings. The minimum atomic E-state index is -0.306. The van der Waals surface area contributed by atoms with Crippen LogP contribution >= 0.6 is 11.6 Å². The summed E-state index contributed by atoms with van der Waals surface area (Å²) in [7, 11) is 0. The van der Waals surface area contributed by atoms with E-state index in [0.717, 1.165) is 0 Å². The Kier molecular flexibility index (Phi) is 6.25. The van der Waals surface area contributed by atoms with E-state index in [0.29, 0.717) is 40.6 Å². The molecule has 1 N–H and O–H groups in total. The average Bonchev–Trinajstić information content (AvgIpc) is 3.22. The fraction of sp³-hybridized carbons (Fsp3) is 0.304. The number of rotatable bonds is 5. The van der Waals surface area contributed by atoms with Crippen LogP contribution in [0.5, 0.6) is 0 Å². The van der Waals surface area contributed by atoms with Gasteiger partial charge >= 0.3 is 0 Å². The third-order valence-corrected chi connectivity index (χ3v) is 5.49. The van der Waals surface area contributed by atoms with Gasteiger partial charge in [-0.1, -0.05) is 29.8 Å². The molecule has 1 aliphatic heterocycles. The van der Waals surface area contributed by atoms with Crippen LogP contribution in [0.4, 0.5) is 10.1 Å². The highest BCUT2D eigenvalue weighted by Crippen LogP contribution is 2.24. The number of ether oxygens (including phenoxy) is 1. The van der Waals surface area contributed by atoms with Crippen molar-refractivity contribution in [1.82, 2.24) is 15.1 Å². The molecule has 0 aliphatic carbocycles. The number of halogens is 2. The van der Waals surface area contributed by atoms with Gasteiger partial charge in [0.25, 0.3) is 5.91 Å². The minimum absolute atomic E-state index is 0.0498. The van der Waals surface area contributed by atoms with Gasteiger partial charge in [0.05, 0.1) is 40.4 Å². The first-order chi connectivity index (χ1) is 14.9. The molecule has 1 amide bonds. The Morgan fingerprint density at radius 2 is 1.94 bits per heavy atom. The number of morpholine rings is 1. The topological polar surface area (TPSA) is 59.4 Å². The van der Waals surface area contributed by atoms with Crippen molar-refractivity contribution < 1.29 is 13.9 Å². The first kappa shape index (κ1) is 21.3. The van der Waals surface area contributed by atoms with Gasteiger partial charge in [-0.3, -0.25) is 4.79 Å². The third kappa shape index (κ3) is 4.89. The molecule has 1 aromatic heterocycles. The number of hydrogen-bond acceptors (Lipinski definition) is 4. The number of anilines is 1. The zero-order valence-electron chi connectivity index (χ0n) is 17.4. The summed E-state index contributed by atoms with van der Waals surface area (Å²) in [6, 6.07) is 12.3. The van der Waals surface area contributed by atoms with Gasteiger partial charge < -0.3 is 15.0 Å². The van der Waals surface area contributed by atoms with Gasteiger partial charge in [0, 0.05) is 25.8 Å². The van der Waals surface area contributed by atoms with E-state index in [4.69, 9.17) is 16.3 Å². The van der Waals surface area contributed by atoms with E-state index in [1.54, 1.807) is 23.0 Å². The van der Waals surface area contributed by atoms with Gasteiger partial charge in [-0.15, -0.1) is 0 Å². The lowest BCUT2D eigenvalue weighted by atomic mass is 10.1. The summed E-state index contributed by atoms with van der Waals surface area (Å²) < 4.78 is 22.0. The van der Waals surface area contributed by atoms with E-state index in [1.807, 2.05) is 43.0 Å². The minimum Gasteiger partial charge on any atom is -0.372 e. The lowest BCUT2D eigenvalue weighted by Crippen LogP contribution is -2.45. The zero-order chi connectivity index (χ0) is 22.0. The fourth-order valence-corrected chi connectivity index (χ4v) is 4.01. The Labute approximate surface area is 185 Å². The molecule has 2 aromatic carbocycles. The normalized spacial score (nSPS) is 18.8. The first-order valence-electron chi connectivity index (χ1n) is 10.2. The van der Waals surface area contributed by atoms with Crippen LogP contribution in [0.15, 0.2) is 54.9 Å². The molecule has 4 rings (SSSR count). The van der Waals surface area contributed by atoms with Crippen LogP contribution in [0, 0.1) is 5.82 Å². The molecule has 6 nitrogen and oxygen atoms in total. The van der Waals surface area contributed by atoms with Gasteiger partial charge in [-0.25, -0.2) is 9.07 Å². The molecule has 1 aliphatic rings. The lowest BCUT2D eigenvalue weighted by molar-refractivity contribution is -0.00539. The molecule has 2 atom stereocenters. The summed E-state index contributed by atoms with van der Waals surface area (Å²) in [4.78, 5) is 14.5. The molecular weight excluding hydrogens is 419 g/mol. The predicted molar refractivity (Wildman–Crippen MR) is 118 cm³/mol. The lowest BCUT2D eigenvalue weighted by Gasteiger charge is -2.37. The van der Waals surface area contributed by atoms with Gasteiger partial charge in [0.15, 0.2) is 0 Å². The second kappa shape index (κ2) is 9.08. The molecule has 2 unspecified atom stereocenters. The smallest absolute Gasteiger partial charge is 0.254 e. The zero-order valence-corrected chi connectivity index (χ0v) is 18.1. The molecule has 162 valence electrons. The Morgan fingerprint density at radius 3 is 2.65 bits per heavy atom. The van der Waals surface area contributed by atoms with Crippen molar-refractivity contribution in [3.05, 3.63) is 76.8 Å². The van der Waals surface area contributed by atoms with Crippen molar-refractivity contribution >= 4 is 23.2 Å². The SMILES string of the molecule is CC1CN(c2ccc(CNC(=O)c3cnn(-c4ccccc4Cl)c3)cc2F)CC(C)O1. The largest absolute Gasteiger partial charge is 0.372 e. The molecule has 0 spiro atoms. The molecule has 8 heteroatoms. The maximum atomic E-state index is 14.7. The van der Waals surface area contributed by atoms with Gasteiger partial charge in [-0.2, -0.15) is 5.10 Å². The van der Waals surface area contributed by atoms with E-state index >= 15 is 0 Å². The van der Waals surface area contributed by atoms with Crippen molar-refractivity contribution in [2.24, 2.45) is 0 Å². The number of aromatic nitrogens is 2. The summed E-state index contributed by atoms with van der Waals surface area (Å²) in [6.45, 7) is 5.47. The van der Waals surface area contributed by atoms with E-state index in [2.05, 4.69) is 10.4 Å². The predicted octanol–water partition coefficient (Wildman–Crippen LogP) is 4.21. The van der Waals surface area contributed by atoms with Crippen LogP contribution in [0.1, 0.15) is 29.8 Å². The Bertz CT molecular complexity index is 1080. The highest BCUT2D eigenvalue weighted by Gasteiger charge is 2.24. The molecular formula is C23H24ClFN4O2. The van der Waals surface area contributed by atoms with Crippen molar-refractivity contribution in [3.8, 4) is 5.69 Å². The molecule has 2 heterocycles. The fourth-order valence-electron chi connectivity index (χ4n) is 3.79. The number of carbonyl (C=O) groups is 1. The summed E-state index contributed by atoms with van der Waals surface area (Å²) >= 11 is 6.18. The summed E-state index contributed by atoms with van der Waals surface area (Å²) in [5.74, 6) is -0.599. The monoisotopic (exact) mass is 442 g/mol.